The fourth-order valence-electron chi connectivity index (χ4n) is 2.85. The molecule has 3 heterocycles. The van der Waals surface area contributed by atoms with Gasteiger partial charge in [-0.25, -0.2) is 0 Å². The molecule has 6 nitrogen and oxygen atoms in total. The normalized spacial score (nSPS) is 15.8. The number of rotatable bonds is 6. The number of furan rings is 2. The van der Waals surface area contributed by atoms with E-state index in [0.29, 0.717) is 31.3 Å². The van der Waals surface area contributed by atoms with Crippen molar-refractivity contribution in [3.05, 3.63) is 60.5 Å². The Balaban J connectivity index is 1.37. The molecule has 1 aliphatic rings. The molecule has 0 aromatic carbocycles. The number of carbonyl (C=O) groups excluding carboxylic acids is 2. The molecule has 1 fully saturated rings. The molecule has 2 aromatic rings. The summed E-state index contributed by atoms with van der Waals surface area (Å²) in [5.41, 5.74) is 0.856. The quantitative estimate of drug-likeness (QED) is 0.809. The monoisotopic (exact) mass is 354 g/mol. The van der Waals surface area contributed by atoms with Gasteiger partial charge >= 0.3 is 0 Å². The van der Waals surface area contributed by atoms with E-state index in [1.165, 1.54) is 6.08 Å². The fraction of sp³-hybridized carbons (Fsp3) is 0.300. The lowest BCUT2D eigenvalue weighted by atomic mass is 9.96. The van der Waals surface area contributed by atoms with Crippen LogP contribution < -0.4 is 5.32 Å². The summed E-state index contributed by atoms with van der Waals surface area (Å²) in [6.45, 7) is 2.03. The first kappa shape index (κ1) is 17.8. The van der Waals surface area contributed by atoms with E-state index in [-0.39, 0.29) is 11.8 Å². The smallest absolute Gasteiger partial charge is 0.246 e. The summed E-state index contributed by atoms with van der Waals surface area (Å²) < 4.78 is 10.1. The van der Waals surface area contributed by atoms with Gasteiger partial charge in [-0.05, 0) is 49.1 Å². The largest absolute Gasteiger partial charge is 0.472 e. The number of likely N-dealkylation sites (tertiary alicyclic amines) is 1. The highest BCUT2D eigenvalue weighted by Crippen LogP contribution is 2.17. The third-order valence-corrected chi connectivity index (χ3v) is 4.39. The van der Waals surface area contributed by atoms with Crippen molar-refractivity contribution in [1.82, 2.24) is 10.2 Å². The van der Waals surface area contributed by atoms with Crippen LogP contribution >= 0.6 is 0 Å². The highest BCUT2D eigenvalue weighted by atomic mass is 16.3. The van der Waals surface area contributed by atoms with Crippen LogP contribution in [0, 0.1) is 5.92 Å². The van der Waals surface area contributed by atoms with E-state index in [4.69, 9.17) is 8.83 Å². The summed E-state index contributed by atoms with van der Waals surface area (Å²) in [6, 6.07) is 5.38. The molecule has 1 saturated heterocycles. The Morgan fingerprint density at radius 2 is 2.00 bits per heavy atom. The van der Waals surface area contributed by atoms with Crippen LogP contribution in [0.15, 0.2) is 58.0 Å². The summed E-state index contributed by atoms with van der Waals surface area (Å²) in [6.07, 6.45) is 12.9. The second-order valence-electron chi connectivity index (χ2n) is 6.25. The zero-order valence-electron chi connectivity index (χ0n) is 14.5. The second-order valence-corrected chi connectivity index (χ2v) is 6.25. The summed E-state index contributed by atoms with van der Waals surface area (Å²) in [4.78, 5) is 25.8. The minimum atomic E-state index is -0.119. The number of hydrogen-bond donors (Lipinski definition) is 1. The minimum Gasteiger partial charge on any atom is -0.472 e. The number of piperidine rings is 1. The zero-order chi connectivity index (χ0) is 18.2. The van der Waals surface area contributed by atoms with Crippen LogP contribution in [-0.2, 0) is 9.59 Å². The van der Waals surface area contributed by atoms with Gasteiger partial charge in [0.15, 0.2) is 0 Å². The summed E-state index contributed by atoms with van der Waals surface area (Å²) in [7, 11) is 0. The fourth-order valence-corrected chi connectivity index (χ4v) is 2.85. The van der Waals surface area contributed by atoms with Crippen molar-refractivity contribution in [2.24, 2.45) is 5.92 Å². The Kier molecular flexibility index (Phi) is 6.09. The van der Waals surface area contributed by atoms with Gasteiger partial charge in [0.05, 0.1) is 18.8 Å². The topological polar surface area (TPSA) is 75.7 Å². The Morgan fingerprint density at radius 3 is 2.69 bits per heavy atom. The van der Waals surface area contributed by atoms with E-state index in [1.54, 1.807) is 55.2 Å². The van der Waals surface area contributed by atoms with E-state index in [9.17, 15) is 9.59 Å². The molecule has 2 aromatic heterocycles. The van der Waals surface area contributed by atoms with Crippen molar-refractivity contribution >= 4 is 24.0 Å². The SMILES string of the molecule is O=C(C=Cc1ccoc1)NCC1CCN(C(=O)C=Cc2ccco2)CC1. The predicted molar refractivity (Wildman–Crippen MR) is 97.8 cm³/mol. The number of carbonyl (C=O) groups is 2. The predicted octanol–water partition coefficient (Wildman–Crippen LogP) is 2.95. The van der Waals surface area contributed by atoms with Crippen LogP contribution in [-0.4, -0.2) is 36.3 Å². The zero-order valence-corrected chi connectivity index (χ0v) is 14.5. The molecule has 0 unspecified atom stereocenters. The molecule has 0 atom stereocenters. The van der Waals surface area contributed by atoms with Crippen LogP contribution in [0.25, 0.3) is 12.2 Å². The van der Waals surface area contributed by atoms with Gasteiger partial charge in [-0.3, -0.25) is 9.59 Å². The van der Waals surface area contributed by atoms with Gasteiger partial charge in [-0.2, -0.15) is 0 Å². The Bertz CT molecular complexity index is 752. The average Bonchev–Trinajstić information content (AvgIpc) is 3.37. The number of nitrogens with zero attached hydrogens (tertiary/aromatic N) is 1. The van der Waals surface area contributed by atoms with Gasteiger partial charge in [-0.15, -0.1) is 0 Å². The maximum absolute atomic E-state index is 12.2. The van der Waals surface area contributed by atoms with E-state index in [2.05, 4.69) is 5.32 Å². The van der Waals surface area contributed by atoms with Gasteiger partial charge in [-0.1, -0.05) is 0 Å². The molecular weight excluding hydrogens is 332 g/mol. The van der Waals surface area contributed by atoms with Gasteiger partial charge < -0.3 is 19.1 Å². The Labute approximate surface area is 152 Å². The molecule has 6 heteroatoms. The molecule has 0 spiro atoms. The molecule has 136 valence electrons. The van der Waals surface area contributed by atoms with E-state index >= 15 is 0 Å². The molecule has 1 aliphatic heterocycles. The Hall–Kier alpha value is -3.02. The third-order valence-electron chi connectivity index (χ3n) is 4.39. The molecular formula is C20H22N2O4. The Morgan fingerprint density at radius 1 is 1.15 bits per heavy atom. The van der Waals surface area contributed by atoms with Crippen molar-refractivity contribution in [2.45, 2.75) is 12.8 Å². The van der Waals surface area contributed by atoms with Crippen LogP contribution in [0.5, 0.6) is 0 Å². The van der Waals surface area contributed by atoms with Gasteiger partial charge in [0.2, 0.25) is 11.8 Å². The van der Waals surface area contributed by atoms with Crippen LogP contribution in [0.4, 0.5) is 0 Å². The molecule has 0 radical (unpaired) electrons. The lowest BCUT2D eigenvalue weighted by Gasteiger charge is -2.31. The maximum atomic E-state index is 12.2. The van der Waals surface area contributed by atoms with E-state index in [0.717, 1.165) is 18.4 Å². The van der Waals surface area contributed by atoms with E-state index < -0.39 is 0 Å². The van der Waals surface area contributed by atoms with Crippen LogP contribution in [0.2, 0.25) is 0 Å². The van der Waals surface area contributed by atoms with Crippen molar-refractivity contribution in [3.8, 4) is 0 Å². The first-order valence-electron chi connectivity index (χ1n) is 8.69. The number of nitrogens with one attached hydrogen (secondary N) is 1. The van der Waals surface area contributed by atoms with Gasteiger partial charge in [0.25, 0.3) is 0 Å². The van der Waals surface area contributed by atoms with E-state index in [1.807, 2.05) is 4.90 Å². The first-order chi connectivity index (χ1) is 12.7. The number of amides is 2. The molecule has 3 rings (SSSR count). The third kappa shape index (κ3) is 5.24. The van der Waals surface area contributed by atoms with Crippen molar-refractivity contribution in [3.63, 3.8) is 0 Å². The second kappa shape index (κ2) is 8.89. The summed E-state index contributed by atoms with van der Waals surface area (Å²) in [5.74, 6) is 0.928. The maximum Gasteiger partial charge on any atom is 0.246 e. The molecule has 0 aliphatic carbocycles. The van der Waals surface area contributed by atoms with Gasteiger partial charge in [0, 0.05) is 37.3 Å². The molecule has 1 N–H and O–H groups in total. The van der Waals surface area contributed by atoms with Crippen molar-refractivity contribution < 1.29 is 18.4 Å². The summed E-state index contributed by atoms with van der Waals surface area (Å²) in [5, 5.41) is 2.92. The summed E-state index contributed by atoms with van der Waals surface area (Å²) >= 11 is 0. The average molecular weight is 354 g/mol. The first-order valence-corrected chi connectivity index (χ1v) is 8.69. The highest BCUT2D eigenvalue weighted by molar-refractivity contribution is 5.92. The van der Waals surface area contributed by atoms with Crippen molar-refractivity contribution in [2.75, 3.05) is 19.6 Å². The van der Waals surface area contributed by atoms with Gasteiger partial charge in [0.1, 0.15) is 5.76 Å². The molecule has 2 amide bonds. The molecule has 26 heavy (non-hydrogen) atoms. The minimum absolute atomic E-state index is 0.00747. The number of hydrogen-bond acceptors (Lipinski definition) is 4. The van der Waals surface area contributed by atoms with Crippen LogP contribution in [0.1, 0.15) is 24.2 Å². The molecule has 0 bridgehead atoms. The van der Waals surface area contributed by atoms with Crippen LogP contribution in [0.3, 0.4) is 0 Å². The highest BCUT2D eigenvalue weighted by Gasteiger charge is 2.21. The van der Waals surface area contributed by atoms with Crippen molar-refractivity contribution in [1.29, 1.82) is 0 Å². The molecule has 0 saturated carbocycles. The standard InChI is InChI=1S/C20H22N2O4/c23-19(5-3-17-9-13-25-15-17)21-14-16-7-10-22(11-8-16)20(24)6-4-18-2-1-12-26-18/h1-6,9,12-13,15-16H,7-8,10-11,14H2,(H,21,23). The lowest BCUT2D eigenvalue weighted by molar-refractivity contribution is -0.127. The lowest BCUT2D eigenvalue weighted by Crippen LogP contribution is -2.40.